The van der Waals surface area contributed by atoms with Gasteiger partial charge in [0.25, 0.3) is 0 Å². The molecular weight excluding hydrogens is 219 g/mol. The Kier molecular flexibility index (Phi) is 2.52. The Balaban J connectivity index is 2.67. The molecule has 2 aromatic rings. The number of hydrogen-bond acceptors (Lipinski definition) is 2. The van der Waals surface area contributed by atoms with Gasteiger partial charge >= 0.3 is 0 Å². The lowest BCUT2D eigenvalue weighted by atomic mass is 10.1. The summed E-state index contributed by atoms with van der Waals surface area (Å²) in [5, 5.41) is 9.39. The lowest BCUT2D eigenvalue weighted by Gasteiger charge is -2.05. The van der Waals surface area contributed by atoms with Gasteiger partial charge in [-0.15, -0.1) is 0 Å². The molecule has 0 aliphatic carbocycles. The van der Waals surface area contributed by atoms with E-state index < -0.39 is 23.3 Å². The van der Waals surface area contributed by atoms with Gasteiger partial charge in [-0.1, -0.05) is 12.1 Å². The largest absolute Gasteiger partial charge is 0.506 e. The van der Waals surface area contributed by atoms with Crippen molar-refractivity contribution in [3.8, 4) is 16.9 Å². The summed E-state index contributed by atoms with van der Waals surface area (Å²) < 4.78 is 39.1. The van der Waals surface area contributed by atoms with E-state index in [1.165, 1.54) is 12.1 Å². The predicted octanol–water partition coefficient (Wildman–Crippen LogP) is 2.87. The molecule has 16 heavy (non-hydrogen) atoms. The smallest absolute Gasteiger partial charge is 0.213 e. The van der Waals surface area contributed by atoms with E-state index in [1.54, 1.807) is 0 Å². The average Bonchev–Trinajstić information content (AvgIpc) is 2.26. The molecule has 2 nitrogen and oxygen atoms in total. The van der Waals surface area contributed by atoms with E-state index in [0.29, 0.717) is 0 Å². The number of pyridine rings is 1. The first-order chi connectivity index (χ1) is 7.59. The fraction of sp³-hybridized carbons (Fsp3) is 0. The third kappa shape index (κ3) is 1.71. The molecule has 0 aliphatic heterocycles. The summed E-state index contributed by atoms with van der Waals surface area (Å²) in [6, 6.07) is 4.29. The van der Waals surface area contributed by atoms with Crippen LogP contribution >= 0.6 is 0 Å². The number of benzene rings is 1. The van der Waals surface area contributed by atoms with Crippen molar-refractivity contribution >= 4 is 0 Å². The van der Waals surface area contributed by atoms with E-state index in [-0.39, 0.29) is 11.1 Å². The van der Waals surface area contributed by atoms with Crippen LogP contribution in [0.4, 0.5) is 13.2 Å². The summed E-state index contributed by atoms with van der Waals surface area (Å²) in [4.78, 5) is 3.18. The number of halogens is 3. The molecule has 1 N–H and O–H groups in total. The fourth-order valence-electron chi connectivity index (χ4n) is 1.35. The van der Waals surface area contributed by atoms with Crippen molar-refractivity contribution in [2.75, 3.05) is 0 Å². The molecule has 0 atom stereocenters. The van der Waals surface area contributed by atoms with Crippen LogP contribution in [0.1, 0.15) is 0 Å². The maximum atomic E-state index is 13.4. The normalized spacial score (nSPS) is 10.4. The lowest BCUT2D eigenvalue weighted by molar-refractivity contribution is 0.467. The van der Waals surface area contributed by atoms with Gasteiger partial charge in [0, 0.05) is 17.2 Å². The topological polar surface area (TPSA) is 33.1 Å². The molecule has 0 amide bonds. The molecule has 0 bridgehead atoms. The molecule has 5 heteroatoms. The van der Waals surface area contributed by atoms with Crippen molar-refractivity contribution < 1.29 is 18.3 Å². The average molecular weight is 225 g/mol. The summed E-state index contributed by atoms with van der Waals surface area (Å²) in [6.07, 6.45) is 0.842. The van der Waals surface area contributed by atoms with E-state index in [4.69, 9.17) is 0 Å². The second kappa shape index (κ2) is 3.84. The molecule has 0 saturated carbocycles. The summed E-state index contributed by atoms with van der Waals surface area (Å²) in [5.74, 6) is -3.49. The van der Waals surface area contributed by atoms with Gasteiger partial charge in [-0.3, -0.25) is 0 Å². The van der Waals surface area contributed by atoms with Gasteiger partial charge in [0.2, 0.25) is 5.95 Å². The molecule has 82 valence electrons. The first-order valence-electron chi connectivity index (χ1n) is 4.38. The summed E-state index contributed by atoms with van der Waals surface area (Å²) in [5.41, 5.74) is -0.344. The Bertz CT molecular complexity index is 543. The molecule has 0 spiro atoms. The van der Waals surface area contributed by atoms with Crippen LogP contribution in [0.15, 0.2) is 30.5 Å². The Morgan fingerprint density at radius 3 is 2.56 bits per heavy atom. The summed E-state index contributed by atoms with van der Waals surface area (Å²) in [7, 11) is 0. The van der Waals surface area contributed by atoms with Crippen molar-refractivity contribution in [3.05, 3.63) is 48.0 Å². The van der Waals surface area contributed by atoms with Gasteiger partial charge in [0.05, 0.1) is 6.20 Å². The number of aromatic hydroxyl groups is 1. The standard InChI is InChI=1S/C11H6F3NO/c12-8-3-1-2-6(11(8)14)7-4-10(13)15-5-9(7)16/h1-5,16H. The van der Waals surface area contributed by atoms with Gasteiger partial charge in [0.1, 0.15) is 5.75 Å². The minimum Gasteiger partial charge on any atom is -0.506 e. The first kappa shape index (κ1) is 10.5. The Morgan fingerprint density at radius 1 is 1.06 bits per heavy atom. The number of nitrogens with zero attached hydrogens (tertiary/aromatic N) is 1. The fourth-order valence-corrected chi connectivity index (χ4v) is 1.35. The quantitative estimate of drug-likeness (QED) is 0.757. The van der Waals surface area contributed by atoms with Crippen molar-refractivity contribution in [2.24, 2.45) is 0 Å². The van der Waals surface area contributed by atoms with Crippen LogP contribution in [-0.2, 0) is 0 Å². The van der Waals surface area contributed by atoms with Crippen LogP contribution in [-0.4, -0.2) is 10.1 Å². The SMILES string of the molecule is Oc1cnc(F)cc1-c1cccc(F)c1F. The zero-order chi connectivity index (χ0) is 11.7. The molecule has 0 radical (unpaired) electrons. The van der Waals surface area contributed by atoms with Crippen LogP contribution in [0.5, 0.6) is 5.75 Å². The van der Waals surface area contributed by atoms with Crippen molar-refractivity contribution in [1.29, 1.82) is 0 Å². The summed E-state index contributed by atoms with van der Waals surface area (Å²) >= 11 is 0. The molecule has 1 aromatic heterocycles. The highest BCUT2D eigenvalue weighted by atomic mass is 19.2. The van der Waals surface area contributed by atoms with Gasteiger partial charge in [-0.05, 0) is 6.07 Å². The molecular formula is C11H6F3NO. The van der Waals surface area contributed by atoms with Gasteiger partial charge in [-0.25, -0.2) is 13.8 Å². The van der Waals surface area contributed by atoms with Crippen LogP contribution in [0.25, 0.3) is 11.1 Å². The molecule has 1 aromatic carbocycles. The minimum atomic E-state index is -1.14. The van der Waals surface area contributed by atoms with E-state index in [0.717, 1.165) is 18.3 Å². The second-order valence-corrected chi connectivity index (χ2v) is 3.13. The lowest BCUT2D eigenvalue weighted by Crippen LogP contribution is -1.91. The Hall–Kier alpha value is -2.04. The van der Waals surface area contributed by atoms with Crippen LogP contribution in [0.2, 0.25) is 0 Å². The monoisotopic (exact) mass is 225 g/mol. The Labute approximate surface area is 89.0 Å². The highest BCUT2D eigenvalue weighted by molar-refractivity contribution is 5.69. The zero-order valence-electron chi connectivity index (χ0n) is 7.92. The molecule has 0 aliphatic rings. The third-order valence-corrected chi connectivity index (χ3v) is 2.09. The van der Waals surface area contributed by atoms with Gasteiger partial charge in [-0.2, -0.15) is 4.39 Å². The molecule has 0 saturated heterocycles. The molecule has 0 unspecified atom stereocenters. The van der Waals surface area contributed by atoms with Crippen LogP contribution < -0.4 is 0 Å². The van der Waals surface area contributed by atoms with E-state index in [2.05, 4.69) is 4.98 Å². The van der Waals surface area contributed by atoms with E-state index >= 15 is 0 Å². The predicted molar refractivity (Wildman–Crippen MR) is 51.2 cm³/mol. The highest BCUT2D eigenvalue weighted by Crippen LogP contribution is 2.31. The Morgan fingerprint density at radius 2 is 1.81 bits per heavy atom. The summed E-state index contributed by atoms with van der Waals surface area (Å²) in [6.45, 7) is 0. The van der Waals surface area contributed by atoms with Crippen molar-refractivity contribution in [1.82, 2.24) is 4.98 Å². The van der Waals surface area contributed by atoms with Crippen LogP contribution in [0, 0.1) is 17.6 Å². The first-order valence-corrected chi connectivity index (χ1v) is 4.38. The van der Waals surface area contributed by atoms with Gasteiger partial charge in [0.15, 0.2) is 11.6 Å². The third-order valence-electron chi connectivity index (χ3n) is 2.09. The highest BCUT2D eigenvalue weighted by Gasteiger charge is 2.14. The maximum absolute atomic E-state index is 13.4. The van der Waals surface area contributed by atoms with E-state index in [9.17, 15) is 18.3 Å². The molecule has 1 heterocycles. The number of hydrogen-bond donors (Lipinski definition) is 1. The molecule has 0 fully saturated rings. The van der Waals surface area contributed by atoms with Crippen molar-refractivity contribution in [2.45, 2.75) is 0 Å². The minimum absolute atomic E-state index is 0.135. The van der Waals surface area contributed by atoms with Crippen LogP contribution in [0.3, 0.4) is 0 Å². The zero-order valence-corrected chi connectivity index (χ0v) is 7.92. The number of rotatable bonds is 1. The number of aromatic nitrogens is 1. The second-order valence-electron chi connectivity index (χ2n) is 3.13. The van der Waals surface area contributed by atoms with Crippen molar-refractivity contribution in [3.63, 3.8) is 0 Å². The van der Waals surface area contributed by atoms with Gasteiger partial charge < -0.3 is 5.11 Å². The molecule has 2 rings (SSSR count). The maximum Gasteiger partial charge on any atom is 0.213 e. The van der Waals surface area contributed by atoms with E-state index in [1.807, 2.05) is 0 Å².